The van der Waals surface area contributed by atoms with Crippen molar-refractivity contribution < 1.29 is 8.91 Å². The molecule has 0 radical (unpaired) electrons. The fourth-order valence-corrected chi connectivity index (χ4v) is 2.40. The van der Waals surface area contributed by atoms with Gasteiger partial charge in [0.25, 0.3) is 0 Å². The van der Waals surface area contributed by atoms with Crippen molar-refractivity contribution >= 4 is 11.3 Å². The second kappa shape index (κ2) is 3.95. The zero-order valence-corrected chi connectivity index (χ0v) is 9.21. The SMILES string of the molecule is F[C@@H]1CN[C@@H](c2nc(-c3ccsc3)no2)C1. The lowest BCUT2D eigenvalue weighted by Crippen LogP contribution is -2.14. The van der Waals surface area contributed by atoms with Crippen LogP contribution in [0.15, 0.2) is 21.3 Å². The Hall–Kier alpha value is -1.27. The van der Waals surface area contributed by atoms with E-state index in [1.54, 1.807) is 11.3 Å². The summed E-state index contributed by atoms with van der Waals surface area (Å²) in [6, 6.07) is 1.79. The molecule has 0 unspecified atom stereocenters. The molecule has 3 rings (SSSR count). The minimum atomic E-state index is -0.818. The lowest BCUT2D eigenvalue weighted by atomic mass is 10.2. The quantitative estimate of drug-likeness (QED) is 0.872. The normalized spacial score (nSPS) is 25.1. The molecule has 0 amide bonds. The second-order valence-corrected chi connectivity index (χ2v) is 4.54. The topological polar surface area (TPSA) is 51.0 Å². The molecule has 0 bridgehead atoms. The van der Waals surface area contributed by atoms with E-state index in [0.717, 1.165) is 5.56 Å². The molecule has 84 valence electrons. The molecular formula is C10H10FN3OS. The highest BCUT2D eigenvalue weighted by atomic mass is 32.1. The molecule has 16 heavy (non-hydrogen) atoms. The Morgan fingerprint density at radius 2 is 2.50 bits per heavy atom. The van der Waals surface area contributed by atoms with Gasteiger partial charge in [-0.05, 0) is 11.4 Å². The first-order valence-electron chi connectivity index (χ1n) is 5.06. The van der Waals surface area contributed by atoms with Gasteiger partial charge >= 0.3 is 0 Å². The maximum Gasteiger partial charge on any atom is 0.244 e. The van der Waals surface area contributed by atoms with Crippen LogP contribution < -0.4 is 5.32 Å². The third-order valence-corrected chi connectivity index (χ3v) is 3.28. The number of alkyl halides is 1. The van der Waals surface area contributed by atoms with Crippen LogP contribution in [0.2, 0.25) is 0 Å². The van der Waals surface area contributed by atoms with Gasteiger partial charge in [0, 0.05) is 23.9 Å². The van der Waals surface area contributed by atoms with Crippen molar-refractivity contribution in [2.24, 2.45) is 0 Å². The van der Waals surface area contributed by atoms with Gasteiger partial charge in [-0.25, -0.2) is 4.39 Å². The molecule has 4 nitrogen and oxygen atoms in total. The molecule has 2 atom stereocenters. The minimum Gasteiger partial charge on any atom is -0.337 e. The predicted molar refractivity (Wildman–Crippen MR) is 57.9 cm³/mol. The molecule has 1 saturated heterocycles. The molecule has 6 heteroatoms. The molecule has 1 aliphatic heterocycles. The number of nitrogens with one attached hydrogen (secondary N) is 1. The van der Waals surface area contributed by atoms with Crippen LogP contribution in [-0.2, 0) is 0 Å². The van der Waals surface area contributed by atoms with Crippen LogP contribution in [0.5, 0.6) is 0 Å². The van der Waals surface area contributed by atoms with Crippen molar-refractivity contribution in [2.45, 2.75) is 18.6 Å². The first-order valence-corrected chi connectivity index (χ1v) is 6.01. The summed E-state index contributed by atoms with van der Waals surface area (Å²) in [6.07, 6.45) is -0.410. The van der Waals surface area contributed by atoms with Crippen LogP contribution in [0.1, 0.15) is 18.4 Å². The van der Waals surface area contributed by atoms with E-state index in [4.69, 9.17) is 4.52 Å². The number of halogens is 1. The van der Waals surface area contributed by atoms with E-state index in [9.17, 15) is 4.39 Å². The molecule has 2 aromatic heterocycles. The zero-order valence-electron chi connectivity index (χ0n) is 8.39. The zero-order chi connectivity index (χ0) is 11.0. The number of thiophene rings is 1. The molecule has 1 aliphatic rings. The summed E-state index contributed by atoms with van der Waals surface area (Å²) in [5, 5.41) is 10.8. The highest BCUT2D eigenvalue weighted by Crippen LogP contribution is 2.26. The van der Waals surface area contributed by atoms with E-state index >= 15 is 0 Å². The number of rotatable bonds is 2. The fourth-order valence-electron chi connectivity index (χ4n) is 1.77. The molecule has 1 N–H and O–H groups in total. The second-order valence-electron chi connectivity index (χ2n) is 3.76. The van der Waals surface area contributed by atoms with E-state index < -0.39 is 6.17 Å². The van der Waals surface area contributed by atoms with Gasteiger partial charge in [-0.2, -0.15) is 16.3 Å². The summed E-state index contributed by atoms with van der Waals surface area (Å²) in [6.45, 7) is 0.362. The van der Waals surface area contributed by atoms with E-state index in [2.05, 4.69) is 15.5 Å². The Morgan fingerprint density at radius 3 is 3.19 bits per heavy atom. The first-order chi connectivity index (χ1) is 7.83. The van der Waals surface area contributed by atoms with Gasteiger partial charge in [-0.1, -0.05) is 5.16 Å². The maximum absolute atomic E-state index is 13.0. The lowest BCUT2D eigenvalue weighted by molar-refractivity contribution is 0.324. The van der Waals surface area contributed by atoms with E-state index in [1.807, 2.05) is 16.8 Å². The highest BCUT2D eigenvalue weighted by Gasteiger charge is 2.29. The van der Waals surface area contributed by atoms with Crippen molar-refractivity contribution in [2.75, 3.05) is 6.54 Å². The van der Waals surface area contributed by atoms with Gasteiger partial charge in [0.15, 0.2) is 0 Å². The average molecular weight is 239 g/mol. The Kier molecular flexibility index (Phi) is 2.45. The van der Waals surface area contributed by atoms with Crippen LogP contribution in [0.4, 0.5) is 4.39 Å². The van der Waals surface area contributed by atoms with E-state index in [-0.39, 0.29) is 6.04 Å². The summed E-state index contributed by atoms with van der Waals surface area (Å²) >= 11 is 1.58. The highest BCUT2D eigenvalue weighted by molar-refractivity contribution is 7.08. The molecule has 0 spiro atoms. The van der Waals surface area contributed by atoms with Crippen LogP contribution in [0, 0.1) is 0 Å². The first kappa shape index (κ1) is 9.92. The number of hydrogen-bond acceptors (Lipinski definition) is 5. The Labute approximate surface area is 95.5 Å². The fraction of sp³-hybridized carbons (Fsp3) is 0.400. The van der Waals surface area contributed by atoms with Crippen LogP contribution >= 0.6 is 11.3 Å². The maximum atomic E-state index is 13.0. The molecule has 0 aromatic carbocycles. The van der Waals surface area contributed by atoms with Gasteiger partial charge in [-0.3, -0.25) is 0 Å². The average Bonchev–Trinajstić information content (AvgIpc) is 2.97. The van der Waals surface area contributed by atoms with Gasteiger partial charge in [-0.15, -0.1) is 0 Å². The standard InChI is InChI=1S/C10H10FN3OS/c11-7-3-8(12-4-7)10-13-9(14-15-10)6-1-2-16-5-6/h1-2,5,7-8,12H,3-4H2/t7-,8+/m0/s1. The summed E-state index contributed by atoms with van der Waals surface area (Å²) in [4.78, 5) is 4.27. The molecular weight excluding hydrogens is 229 g/mol. The van der Waals surface area contributed by atoms with Crippen molar-refractivity contribution in [1.82, 2.24) is 15.5 Å². The molecule has 3 heterocycles. The van der Waals surface area contributed by atoms with Gasteiger partial charge < -0.3 is 9.84 Å². The van der Waals surface area contributed by atoms with Crippen molar-refractivity contribution in [1.29, 1.82) is 0 Å². The largest absolute Gasteiger partial charge is 0.337 e. The van der Waals surface area contributed by atoms with Gasteiger partial charge in [0.2, 0.25) is 11.7 Å². The van der Waals surface area contributed by atoms with Crippen molar-refractivity contribution in [3.8, 4) is 11.4 Å². The monoisotopic (exact) mass is 239 g/mol. The lowest BCUT2D eigenvalue weighted by Gasteiger charge is -2.00. The van der Waals surface area contributed by atoms with E-state index in [1.165, 1.54) is 0 Å². The third-order valence-electron chi connectivity index (χ3n) is 2.60. The Bertz CT molecular complexity index is 470. The summed E-state index contributed by atoms with van der Waals surface area (Å²) < 4.78 is 18.1. The molecule has 1 fully saturated rings. The van der Waals surface area contributed by atoms with Crippen molar-refractivity contribution in [3.05, 3.63) is 22.7 Å². The summed E-state index contributed by atoms with van der Waals surface area (Å²) in [5.74, 6) is 1.04. The Morgan fingerprint density at radius 1 is 1.56 bits per heavy atom. The number of aromatic nitrogens is 2. The minimum absolute atomic E-state index is 0.144. The van der Waals surface area contributed by atoms with Gasteiger partial charge in [0.05, 0.1) is 6.04 Å². The van der Waals surface area contributed by atoms with Crippen LogP contribution in [-0.4, -0.2) is 22.9 Å². The smallest absolute Gasteiger partial charge is 0.244 e. The van der Waals surface area contributed by atoms with Gasteiger partial charge in [0.1, 0.15) is 6.17 Å². The molecule has 2 aromatic rings. The number of hydrogen-bond donors (Lipinski definition) is 1. The van der Waals surface area contributed by atoms with E-state index in [0.29, 0.717) is 24.7 Å². The predicted octanol–water partition coefficient (Wildman–Crippen LogP) is 2.17. The number of nitrogens with zero attached hydrogens (tertiary/aromatic N) is 2. The third kappa shape index (κ3) is 1.74. The van der Waals surface area contributed by atoms with Crippen molar-refractivity contribution in [3.63, 3.8) is 0 Å². The van der Waals surface area contributed by atoms with Crippen LogP contribution in [0.25, 0.3) is 11.4 Å². The summed E-state index contributed by atoms with van der Waals surface area (Å²) in [7, 11) is 0. The Balaban J connectivity index is 1.83. The molecule has 0 aliphatic carbocycles. The molecule has 0 saturated carbocycles. The summed E-state index contributed by atoms with van der Waals surface area (Å²) in [5.41, 5.74) is 0.940. The van der Waals surface area contributed by atoms with Crippen LogP contribution in [0.3, 0.4) is 0 Å².